The van der Waals surface area contributed by atoms with Gasteiger partial charge in [-0.25, -0.2) is 0 Å². The number of nitrogens with two attached hydrogens (primary N) is 1. The van der Waals surface area contributed by atoms with Crippen LogP contribution in [0, 0.1) is 11.3 Å². The molecule has 0 aromatic rings. The highest BCUT2D eigenvalue weighted by molar-refractivity contribution is 5.81. The molecule has 3 N–H and O–H groups in total. The lowest BCUT2D eigenvalue weighted by molar-refractivity contribution is -0.144. The van der Waals surface area contributed by atoms with E-state index in [4.69, 9.17) is 10.8 Å². The number of hydrogen-bond acceptors (Lipinski definition) is 3. The standard InChI is InChI=1S/C12H22N2O3/c1-12(2,3)11(17)14-6-8(5-10(15)16)4-9(13)7-14/h8-9H,4-7,13H2,1-3H3,(H,15,16). The van der Waals surface area contributed by atoms with Crippen LogP contribution in [0.25, 0.3) is 0 Å². The van der Waals surface area contributed by atoms with Gasteiger partial charge in [-0.1, -0.05) is 20.8 Å². The summed E-state index contributed by atoms with van der Waals surface area (Å²) in [6.45, 7) is 6.63. The van der Waals surface area contributed by atoms with Gasteiger partial charge in [0.25, 0.3) is 0 Å². The first-order valence-electron chi connectivity index (χ1n) is 5.97. The highest BCUT2D eigenvalue weighted by atomic mass is 16.4. The zero-order valence-corrected chi connectivity index (χ0v) is 10.8. The normalized spacial score (nSPS) is 25.8. The van der Waals surface area contributed by atoms with Gasteiger partial charge in [0.15, 0.2) is 0 Å². The lowest BCUT2D eigenvalue weighted by Crippen LogP contribution is -2.52. The van der Waals surface area contributed by atoms with Crippen molar-refractivity contribution in [1.82, 2.24) is 4.90 Å². The number of aliphatic carboxylic acids is 1. The zero-order valence-electron chi connectivity index (χ0n) is 10.8. The van der Waals surface area contributed by atoms with Crippen LogP contribution in [0.4, 0.5) is 0 Å². The van der Waals surface area contributed by atoms with Gasteiger partial charge in [0.2, 0.25) is 5.91 Å². The lowest BCUT2D eigenvalue weighted by atomic mass is 9.88. The molecule has 1 aliphatic rings. The van der Waals surface area contributed by atoms with E-state index in [1.54, 1.807) is 4.90 Å². The Morgan fingerprint density at radius 3 is 2.41 bits per heavy atom. The minimum Gasteiger partial charge on any atom is -0.481 e. The van der Waals surface area contributed by atoms with Gasteiger partial charge in [0, 0.05) is 31.0 Å². The zero-order chi connectivity index (χ0) is 13.2. The largest absolute Gasteiger partial charge is 0.481 e. The second-order valence-corrected chi connectivity index (χ2v) is 5.92. The topological polar surface area (TPSA) is 83.6 Å². The molecule has 2 atom stereocenters. The van der Waals surface area contributed by atoms with E-state index in [9.17, 15) is 9.59 Å². The van der Waals surface area contributed by atoms with Crippen LogP contribution < -0.4 is 5.73 Å². The SMILES string of the molecule is CC(C)(C)C(=O)N1CC(N)CC(CC(=O)O)C1. The van der Waals surface area contributed by atoms with Crippen molar-refractivity contribution in [2.45, 2.75) is 39.7 Å². The molecule has 1 saturated heterocycles. The first-order valence-corrected chi connectivity index (χ1v) is 5.97. The molecule has 0 aromatic carbocycles. The van der Waals surface area contributed by atoms with Gasteiger partial charge >= 0.3 is 5.97 Å². The van der Waals surface area contributed by atoms with E-state index in [1.807, 2.05) is 20.8 Å². The van der Waals surface area contributed by atoms with E-state index in [0.717, 1.165) is 0 Å². The molecule has 1 rings (SSSR count). The Morgan fingerprint density at radius 2 is 1.94 bits per heavy atom. The van der Waals surface area contributed by atoms with E-state index >= 15 is 0 Å². The molecule has 0 aliphatic carbocycles. The summed E-state index contributed by atoms with van der Waals surface area (Å²) in [5.74, 6) is -0.808. The highest BCUT2D eigenvalue weighted by Gasteiger charge is 2.34. The van der Waals surface area contributed by atoms with Crippen molar-refractivity contribution in [3.8, 4) is 0 Å². The summed E-state index contributed by atoms with van der Waals surface area (Å²) in [5.41, 5.74) is 5.45. The van der Waals surface area contributed by atoms with Crippen LogP contribution in [-0.2, 0) is 9.59 Å². The first kappa shape index (κ1) is 14.0. The molecule has 5 nitrogen and oxygen atoms in total. The Hall–Kier alpha value is -1.10. The van der Waals surface area contributed by atoms with Crippen LogP contribution in [-0.4, -0.2) is 41.0 Å². The van der Waals surface area contributed by atoms with Gasteiger partial charge in [0.1, 0.15) is 0 Å². The maximum Gasteiger partial charge on any atom is 0.303 e. The molecule has 0 aromatic heterocycles. The van der Waals surface area contributed by atoms with E-state index in [-0.39, 0.29) is 24.3 Å². The maximum absolute atomic E-state index is 12.1. The number of nitrogens with zero attached hydrogens (tertiary/aromatic N) is 1. The van der Waals surface area contributed by atoms with Gasteiger partial charge in [-0.05, 0) is 12.3 Å². The first-order chi connectivity index (χ1) is 7.70. The van der Waals surface area contributed by atoms with Crippen LogP contribution in [0.2, 0.25) is 0 Å². The number of carboxylic acids is 1. The average molecular weight is 242 g/mol. The summed E-state index contributed by atoms with van der Waals surface area (Å²) in [4.78, 5) is 24.5. The molecule has 0 spiro atoms. The monoisotopic (exact) mass is 242 g/mol. The summed E-state index contributed by atoms with van der Waals surface area (Å²) in [5, 5.41) is 8.79. The number of carboxylic acid groups (broad SMARTS) is 1. The van der Waals surface area contributed by atoms with Crippen molar-refractivity contribution < 1.29 is 14.7 Å². The fourth-order valence-corrected chi connectivity index (χ4v) is 2.28. The fourth-order valence-electron chi connectivity index (χ4n) is 2.28. The lowest BCUT2D eigenvalue weighted by Gasteiger charge is -2.38. The minimum absolute atomic E-state index is 0.0254. The third-order valence-electron chi connectivity index (χ3n) is 2.96. The van der Waals surface area contributed by atoms with E-state index in [2.05, 4.69) is 0 Å². The number of amides is 1. The Kier molecular flexibility index (Phi) is 4.14. The summed E-state index contributed by atoms with van der Waals surface area (Å²) in [6, 6.07) is -0.112. The molecule has 0 bridgehead atoms. The van der Waals surface area contributed by atoms with Crippen molar-refractivity contribution in [3.05, 3.63) is 0 Å². The second kappa shape index (κ2) is 5.04. The van der Waals surface area contributed by atoms with Crippen LogP contribution in [0.15, 0.2) is 0 Å². The van der Waals surface area contributed by atoms with Gasteiger partial charge in [-0.2, -0.15) is 0 Å². The average Bonchev–Trinajstić information content (AvgIpc) is 2.12. The smallest absolute Gasteiger partial charge is 0.303 e. The molecular weight excluding hydrogens is 220 g/mol. The van der Waals surface area contributed by atoms with Crippen LogP contribution >= 0.6 is 0 Å². The summed E-state index contributed by atoms with van der Waals surface area (Å²) < 4.78 is 0. The predicted molar refractivity (Wildman–Crippen MR) is 64.4 cm³/mol. The van der Waals surface area contributed by atoms with Crippen molar-refractivity contribution in [3.63, 3.8) is 0 Å². The van der Waals surface area contributed by atoms with Crippen molar-refractivity contribution in [2.24, 2.45) is 17.1 Å². The molecule has 98 valence electrons. The summed E-state index contributed by atoms with van der Waals surface area (Å²) in [7, 11) is 0. The number of likely N-dealkylation sites (tertiary alicyclic amines) is 1. The minimum atomic E-state index is -0.827. The third kappa shape index (κ3) is 4.00. The molecular formula is C12H22N2O3. The van der Waals surface area contributed by atoms with Gasteiger partial charge in [-0.3, -0.25) is 9.59 Å². The summed E-state index contributed by atoms with van der Waals surface area (Å²) >= 11 is 0. The van der Waals surface area contributed by atoms with Crippen molar-refractivity contribution >= 4 is 11.9 Å². The third-order valence-corrected chi connectivity index (χ3v) is 2.96. The van der Waals surface area contributed by atoms with Gasteiger partial charge in [-0.15, -0.1) is 0 Å². The molecule has 0 saturated carbocycles. The molecule has 1 aliphatic heterocycles. The maximum atomic E-state index is 12.1. The van der Waals surface area contributed by atoms with Crippen molar-refractivity contribution in [1.29, 1.82) is 0 Å². The van der Waals surface area contributed by atoms with Crippen molar-refractivity contribution in [2.75, 3.05) is 13.1 Å². The Balaban J connectivity index is 2.68. The molecule has 5 heteroatoms. The van der Waals surface area contributed by atoms with Gasteiger partial charge < -0.3 is 15.7 Å². The molecule has 2 unspecified atom stereocenters. The number of carbonyl (C=O) groups is 2. The Bertz CT molecular complexity index is 309. The molecule has 0 radical (unpaired) electrons. The Labute approximate surface area is 102 Å². The number of rotatable bonds is 2. The molecule has 1 heterocycles. The number of piperidine rings is 1. The fraction of sp³-hybridized carbons (Fsp3) is 0.833. The second-order valence-electron chi connectivity index (χ2n) is 5.92. The van der Waals surface area contributed by atoms with E-state index in [1.165, 1.54) is 0 Å². The number of hydrogen-bond donors (Lipinski definition) is 2. The van der Waals surface area contributed by atoms with E-state index in [0.29, 0.717) is 19.5 Å². The summed E-state index contributed by atoms with van der Waals surface area (Å²) in [6.07, 6.45) is 0.766. The number of carbonyl (C=O) groups excluding carboxylic acids is 1. The van der Waals surface area contributed by atoms with E-state index < -0.39 is 11.4 Å². The molecule has 1 amide bonds. The quantitative estimate of drug-likeness (QED) is 0.746. The van der Waals surface area contributed by atoms with Gasteiger partial charge in [0.05, 0.1) is 0 Å². The highest BCUT2D eigenvalue weighted by Crippen LogP contribution is 2.24. The predicted octanol–water partition coefficient (Wildman–Crippen LogP) is 0.683. The Morgan fingerprint density at radius 1 is 1.35 bits per heavy atom. The van der Waals surface area contributed by atoms with Crippen LogP contribution in [0.5, 0.6) is 0 Å². The molecule has 1 fully saturated rings. The van der Waals surface area contributed by atoms with Crippen LogP contribution in [0.3, 0.4) is 0 Å². The molecule has 17 heavy (non-hydrogen) atoms. The van der Waals surface area contributed by atoms with Crippen LogP contribution in [0.1, 0.15) is 33.6 Å².